The molecule has 6 heteroatoms. The molecule has 0 aliphatic carbocycles. The first-order chi connectivity index (χ1) is 12.4. The smallest absolute Gasteiger partial charge is 0.261 e. The highest BCUT2D eigenvalue weighted by Crippen LogP contribution is 2.23. The molecule has 2 aromatic rings. The molecule has 0 N–H and O–H groups in total. The van der Waals surface area contributed by atoms with Gasteiger partial charge in [-0.3, -0.25) is 14.2 Å². The molecule has 0 saturated heterocycles. The van der Waals surface area contributed by atoms with Crippen molar-refractivity contribution in [2.24, 2.45) is 0 Å². The van der Waals surface area contributed by atoms with Crippen LogP contribution in [0.15, 0.2) is 23.0 Å². The molecule has 142 valence electrons. The van der Waals surface area contributed by atoms with Gasteiger partial charge in [-0.05, 0) is 44.9 Å². The Bertz CT molecular complexity index is 832. The van der Waals surface area contributed by atoms with E-state index in [0.29, 0.717) is 41.3 Å². The third-order valence-corrected chi connectivity index (χ3v) is 4.87. The highest BCUT2D eigenvalue weighted by atomic mass is 35.5. The molecule has 1 heterocycles. The van der Waals surface area contributed by atoms with Crippen LogP contribution in [0.5, 0.6) is 0 Å². The molecule has 0 aliphatic rings. The molecule has 1 unspecified atom stereocenters. The van der Waals surface area contributed by atoms with Crippen molar-refractivity contribution in [3.8, 4) is 0 Å². The lowest BCUT2D eigenvalue weighted by atomic mass is 10.1. The largest absolute Gasteiger partial charge is 0.333 e. The number of rotatable bonds is 8. The Labute approximate surface area is 160 Å². The summed E-state index contributed by atoms with van der Waals surface area (Å²) in [6.45, 7) is 9.15. The summed E-state index contributed by atoms with van der Waals surface area (Å²) >= 11 is 6.08. The van der Waals surface area contributed by atoms with E-state index in [1.807, 2.05) is 25.7 Å². The third-order valence-electron chi connectivity index (χ3n) is 4.63. The monoisotopic (exact) mass is 377 g/mol. The van der Waals surface area contributed by atoms with Gasteiger partial charge in [-0.15, -0.1) is 0 Å². The molecule has 1 aromatic heterocycles. The van der Waals surface area contributed by atoms with Gasteiger partial charge in [-0.25, -0.2) is 4.98 Å². The van der Waals surface area contributed by atoms with Crippen LogP contribution in [0.4, 0.5) is 0 Å². The third kappa shape index (κ3) is 4.26. The highest BCUT2D eigenvalue weighted by Gasteiger charge is 2.25. The first-order valence-corrected chi connectivity index (χ1v) is 9.81. The fourth-order valence-corrected chi connectivity index (χ4v) is 3.39. The van der Waals surface area contributed by atoms with Crippen LogP contribution in [-0.4, -0.2) is 26.9 Å². The number of carbonyl (C=O) groups is 1. The van der Waals surface area contributed by atoms with Gasteiger partial charge in [0, 0.05) is 24.5 Å². The number of halogens is 1. The van der Waals surface area contributed by atoms with E-state index >= 15 is 0 Å². The van der Waals surface area contributed by atoms with Crippen LogP contribution in [0, 0.1) is 0 Å². The van der Waals surface area contributed by atoms with Crippen molar-refractivity contribution in [3.63, 3.8) is 0 Å². The molecule has 0 spiro atoms. The SMILES string of the molecule is CCCCC(=O)N(CCC)C(C)c1nc2cc(Cl)ccc2c(=O)n1CC. The molecule has 0 aliphatic heterocycles. The molecular weight excluding hydrogens is 350 g/mol. The quantitative estimate of drug-likeness (QED) is 0.677. The Hall–Kier alpha value is -1.88. The molecule has 0 radical (unpaired) electrons. The Balaban J connectivity index is 2.54. The lowest BCUT2D eigenvalue weighted by Crippen LogP contribution is -2.38. The number of benzene rings is 1. The van der Waals surface area contributed by atoms with Crippen LogP contribution in [0.2, 0.25) is 5.02 Å². The molecule has 2 rings (SSSR count). The van der Waals surface area contributed by atoms with E-state index in [0.717, 1.165) is 19.3 Å². The maximum Gasteiger partial charge on any atom is 0.261 e. The second-order valence-electron chi connectivity index (χ2n) is 6.55. The number of amides is 1. The zero-order valence-electron chi connectivity index (χ0n) is 16.1. The van der Waals surface area contributed by atoms with E-state index in [4.69, 9.17) is 16.6 Å². The standard InChI is InChI=1S/C20H28ClN3O2/c1-5-8-9-18(25)24(12-6-2)14(4)19-22-17-13-15(21)10-11-16(17)20(26)23(19)7-3/h10-11,13-14H,5-9,12H2,1-4H3. The number of aromatic nitrogens is 2. The van der Waals surface area contributed by atoms with Gasteiger partial charge in [0.25, 0.3) is 5.56 Å². The van der Waals surface area contributed by atoms with E-state index in [1.165, 1.54) is 0 Å². The molecule has 1 atom stereocenters. The predicted molar refractivity (Wildman–Crippen MR) is 107 cm³/mol. The molecule has 0 fully saturated rings. The van der Waals surface area contributed by atoms with Gasteiger partial charge >= 0.3 is 0 Å². The summed E-state index contributed by atoms with van der Waals surface area (Å²) < 4.78 is 1.66. The average molecular weight is 378 g/mol. The number of fused-ring (bicyclic) bond motifs is 1. The predicted octanol–water partition coefficient (Wildman–Crippen LogP) is 4.56. The van der Waals surface area contributed by atoms with Gasteiger partial charge in [-0.1, -0.05) is 31.9 Å². The maximum absolute atomic E-state index is 12.9. The van der Waals surface area contributed by atoms with Crippen molar-refractivity contribution >= 4 is 28.4 Å². The normalized spacial score (nSPS) is 12.3. The van der Waals surface area contributed by atoms with Crippen molar-refractivity contribution in [3.05, 3.63) is 39.4 Å². The summed E-state index contributed by atoms with van der Waals surface area (Å²) in [4.78, 5) is 32.2. The minimum absolute atomic E-state index is 0.0894. The lowest BCUT2D eigenvalue weighted by Gasteiger charge is -2.30. The zero-order valence-corrected chi connectivity index (χ0v) is 16.8. The van der Waals surface area contributed by atoms with Crippen LogP contribution in [0.1, 0.15) is 65.2 Å². The van der Waals surface area contributed by atoms with Crippen LogP contribution in [0.3, 0.4) is 0 Å². The van der Waals surface area contributed by atoms with Gasteiger partial charge in [0.15, 0.2) is 0 Å². The summed E-state index contributed by atoms with van der Waals surface area (Å²) in [6.07, 6.45) is 3.23. The van der Waals surface area contributed by atoms with Gasteiger partial charge in [0.1, 0.15) is 5.82 Å². The summed E-state index contributed by atoms with van der Waals surface area (Å²) in [5.41, 5.74) is 0.486. The topological polar surface area (TPSA) is 55.2 Å². The first-order valence-electron chi connectivity index (χ1n) is 9.43. The minimum Gasteiger partial charge on any atom is -0.333 e. The summed E-state index contributed by atoms with van der Waals surface area (Å²) in [6, 6.07) is 4.85. The van der Waals surface area contributed by atoms with Crippen LogP contribution >= 0.6 is 11.6 Å². The van der Waals surface area contributed by atoms with Gasteiger partial charge in [-0.2, -0.15) is 0 Å². The minimum atomic E-state index is -0.268. The Morgan fingerprint density at radius 2 is 2.00 bits per heavy atom. The van der Waals surface area contributed by atoms with Crippen molar-refractivity contribution in [1.29, 1.82) is 0 Å². The molecule has 0 bridgehead atoms. The van der Waals surface area contributed by atoms with Crippen LogP contribution in [-0.2, 0) is 11.3 Å². The number of hydrogen-bond acceptors (Lipinski definition) is 3. The van der Waals surface area contributed by atoms with E-state index < -0.39 is 0 Å². The molecule has 0 saturated carbocycles. The highest BCUT2D eigenvalue weighted by molar-refractivity contribution is 6.31. The maximum atomic E-state index is 12.9. The van der Waals surface area contributed by atoms with Crippen LogP contribution in [0.25, 0.3) is 10.9 Å². The van der Waals surface area contributed by atoms with Crippen LogP contribution < -0.4 is 5.56 Å². The fraction of sp³-hybridized carbons (Fsp3) is 0.550. The number of unbranched alkanes of at least 4 members (excludes halogenated alkanes) is 1. The molecule has 26 heavy (non-hydrogen) atoms. The summed E-state index contributed by atoms with van der Waals surface area (Å²) in [5.74, 6) is 0.731. The molecular formula is C20H28ClN3O2. The molecule has 1 amide bonds. The average Bonchev–Trinajstić information content (AvgIpc) is 2.63. The number of nitrogens with zero attached hydrogens (tertiary/aromatic N) is 3. The fourth-order valence-electron chi connectivity index (χ4n) is 3.22. The van der Waals surface area contributed by atoms with Crippen molar-refractivity contribution in [1.82, 2.24) is 14.5 Å². The number of hydrogen-bond donors (Lipinski definition) is 0. The second-order valence-corrected chi connectivity index (χ2v) is 6.98. The Morgan fingerprint density at radius 1 is 1.27 bits per heavy atom. The second kappa shape index (κ2) is 9.17. The van der Waals surface area contributed by atoms with Crippen molar-refractivity contribution < 1.29 is 4.79 Å². The van der Waals surface area contributed by atoms with E-state index in [9.17, 15) is 9.59 Å². The molecule has 5 nitrogen and oxygen atoms in total. The zero-order chi connectivity index (χ0) is 19.3. The van der Waals surface area contributed by atoms with E-state index in [1.54, 1.807) is 22.8 Å². The van der Waals surface area contributed by atoms with E-state index in [-0.39, 0.29) is 17.5 Å². The van der Waals surface area contributed by atoms with Crippen molar-refractivity contribution in [2.75, 3.05) is 6.54 Å². The molecule has 1 aromatic carbocycles. The van der Waals surface area contributed by atoms with Gasteiger partial charge in [0.2, 0.25) is 5.91 Å². The summed E-state index contributed by atoms with van der Waals surface area (Å²) in [7, 11) is 0. The number of carbonyl (C=O) groups excluding carboxylic acids is 1. The summed E-state index contributed by atoms with van der Waals surface area (Å²) in [5, 5.41) is 1.09. The van der Waals surface area contributed by atoms with Gasteiger partial charge < -0.3 is 4.90 Å². The lowest BCUT2D eigenvalue weighted by molar-refractivity contribution is -0.133. The Kier molecular flexibility index (Phi) is 7.21. The first kappa shape index (κ1) is 20.4. The Morgan fingerprint density at radius 3 is 2.62 bits per heavy atom. The van der Waals surface area contributed by atoms with Crippen molar-refractivity contribution in [2.45, 2.75) is 66.0 Å². The van der Waals surface area contributed by atoms with Gasteiger partial charge in [0.05, 0.1) is 16.9 Å². The van der Waals surface area contributed by atoms with E-state index in [2.05, 4.69) is 6.92 Å².